The number of benzene rings is 2. The smallest absolute Gasteiger partial charge is 0.245 e. The Morgan fingerprint density at radius 3 is 2.46 bits per heavy atom. The van der Waals surface area contributed by atoms with E-state index in [9.17, 15) is 13.2 Å². The van der Waals surface area contributed by atoms with Crippen molar-refractivity contribution in [1.82, 2.24) is 18.8 Å². The summed E-state index contributed by atoms with van der Waals surface area (Å²) in [5.41, 5.74) is 2.67. The molecule has 41 heavy (non-hydrogen) atoms. The minimum atomic E-state index is -3.97. The van der Waals surface area contributed by atoms with Crippen LogP contribution < -0.4 is 0 Å². The third-order valence-electron chi connectivity index (χ3n) is 7.88. The van der Waals surface area contributed by atoms with Crippen molar-refractivity contribution in [2.75, 3.05) is 13.1 Å². The Bertz CT molecular complexity index is 1550. The van der Waals surface area contributed by atoms with Crippen LogP contribution >= 0.6 is 0 Å². The van der Waals surface area contributed by atoms with Gasteiger partial charge in [-0.1, -0.05) is 81.6 Å². The van der Waals surface area contributed by atoms with E-state index in [1.54, 1.807) is 24.4 Å². The Kier molecular flexibility index (Phi) is 9.20. The lowest BCUT2D eigenvalue weighted by Gasteiger charge is -2.36. The zero-order valence-corrected chi connectivity index (χ0v) is 24.8. The molecule has 0 bridgehead atoms. The molecule has 216 valence electrons. The number of hydrogen-bond acceptors (Lipinski definition) is 4. The molecule has 0 saturated heterocycles. The fourth-order valence-electron chi connectivity index (χ4n) is 5.84. The Balaban J connectivity index is 1.44. The molecule has 4 aromatic rings. The van der Waals surface area contributed by atoms with E-state index in [4.69, 9.17) is 0 Å². The molecule has 0 aliphatic heterocycles. The molecule has 0 spiro atoms. The first-order valence-electron chi connectivity index (χ1n) is 14.6. The molecule has 2 aromatic carbocycles. The second-order valence-corrected chi connectivity index (χ2v) is 13.4. The molecule has 1 aliphatic carbocycles. The van der Waals surface area contributed by atoms with Gasteiger partial charge in [-0.05, 0) is 48.6 Å². The Morgan fingerprint density at radius 1 is 0.951 bits per heavy atom. The number of rotatable bonds is 11. The summed E-state index contributed by atoms with van der Waals surface area (Å²) in [4.78, 5) is 20.6. The van der Waals surface area contributed by atoms with E-state index in [-0.39, 0.29) is 35.9 Å². The molecule has 0 N–H and O–H groups in total. The summed E-state index contributed by atoms with van der Waals surface area (Å²) in [6.45, 7) is 5.18. The molecule has 2 aromatic heterocycles. The van der Waals surface area contributed by atoms with E-state index in [2.05, 4.69) is 33.9 Å². The van der Waals surface area contributed by atoms with Crippen LogP contribution in [0.25, 0.3) is 10.9 Å². The van der Waals surface area contributed by atoms with Gasteiger partial charge in [0.25, 0.3) is 0 Å². The van der Waals surface area contributed by atoms with Crippen LogP contribution in [-0.2, 0) is 27.9 Å². The van der Waals surface area contributed by atoms with Gasteiger partial charge in [0.05, 0.1) is 18.6 Å². The summed E-state index contributed by atoms with van der Waals surface area (Å²) in [5.74, 6) is -0.103. The third kappa shape index (κ3) is 6.88. The van der Waals surface area contributed by atoms with Gasteiger partial charge in [0.15, 0.2) is 0 Å². The summed E-state index contributed by atoms with van der Waals surface area (Å²) < 4.78 is 31.7. The highest BCUT2D eigenvalue weighted by atomic mass is 32.2. The maximum atomic E-state index is 14.2. The van der Waals surface area contributed by atoms with Crippen molar-refractivity contribution < 1.29 is 13.2 Å². The summed E-state index contributed by atoms with van der Waals surface area (Å²) >= 11 is 0. The molecule has 0 atom stereocenters. The molecule has 5 rings (SSSR count). The number of amides is 1. The van der Waals surface area contributed by atoms with Crippen LogP contribution in [0.3, 0.4) is 0 Å². The molecule has 0 radical (unpaired) electrons. The third-order valence-corrected chi connectivity index (χ3v) is 9.72. The second-order valence-electron chi connectivity index (χ2n) is 11.4. The van der Waals surface area contributed by atoms with Gasteiger partial charge in [-0.3, -0.25) is 9.78 Å². The first-order valence-corrected chi connectivity index (χ1v) is 16.1. The molecule has 1 aliphatic rings. The monoisotopic (exact) mass is 572 g/mol. The Hall–Kier alpha value is -3.49. The van der Waals surface area contributed by atoms with Crippen molar-refractivity contribution >= 4 is 26.8 Å². The first kappa shape index (κ1) is 29.0. The van der Waals surface area contributed by atoms with E-state index in [1.807, 2.05) is 55.1 Å². The average molecular weight is 573 g/mol. The maximum Gasteiger partial charge on any atom is 0.245 e. The summed E-state index contributed by atoms with van der Waals surface area (Å²) in [6.07, 6.45) is 8.86. The minimum absolute atomic E-state index is 0.0479. The van der Waals surface area contributed by atoms with Gasteiger partial charge in [-0.15, -0.1) is 0 Å². The predicted octanol–water partition coefficient (Wildman–Crippen LogP) is 6.09. The van der Waals surface area contributed by atoms with E-state index >= 15 is 0 Å². The molecule has 2 heterocycles. The molecule has 1 saturated carbocycles. The van der Waals surface area contributed by atoms with Gasteiger partial charge >= 0.3 is 0 Å². The van der Waals surface area contributed by atoms with Crippen LogP contribution in [0, 0.1) is 5.92 Å². The number of pyridine rings is 1. The Labute approximate surface area is 243 Å². The molecule has 1 fully saturated rings. The quantitative estimate of drug-likeness (QED) is 0.218. The largest absolute Gasteiger partial charge is 0.345 e. The van der Waals surface area contributed by atoms with Gasteiger partial charge in [0, 0.05) is 42.6 Å². The van der Waals surface area contributed by atoms with Crippen molar-refractivity contribution in [3.63, 3.8) is 0 Å². The molecule has 8 heteroatoms. The van der Waals surface area contributed by atoms with Crippen LogP contribution in [0.1, 0.15) is 57.2 Å². The average Bonchev–Trinajstić information content (AvgIpc) is 3.42. The summed E-state index contributed by atoms with van der Waals surface area (Å²) in [7, 11) is -3.97. The van der Waals surface area contributed by atoms with Crippen LogP contribution in [0.4, 0.5) is 0 Å². The van der Waals surface area contributed by atoms with Gasteiger partial charge in [0.2, 0.25) is 15.9 Å². The lowest BCUT2D eigenvalue weighted by molar-refractivity contribution is -0.135. The van der Waals surface area contributed by atoms with Crippen LogP contribution in [-0.4, -0.2) is 52.2 Å². The van der Waals surface area contributed by atoms with E-state index in [1.165, 1.54) is 16.3 Å². The molecular formula is C33H40N4O3S. The van der Waals surface area contributed by atoms with Gasteiger partial charge in [-0.2, -0.15) is 4.31 Å². The lowest BCUT2D eigenvalue weighted by Crippen LogP contribution is -2.48. The molecular weight excluding hydrogens is 532 g/mol. The van der Waals surface area contributed by atoms with Gasteiger partial charge in [0.1, 0.15) is 4.90 Å². The van der Waals surface area contributed by atoms with Crippen LogP contribution in [0.5, 0.6) is 0 Å². The second kappa shape index (κ2) is 13.0. The number of aromatic nitrogens is 2. The number of carbonyl (C=O) groups is 1. The van der Waals surface area contributed by atoms with Crippen molar-refractivity contribution in [2.45, 2.75) is 70.0 Å². The van der Waals surface area contributed by atoms with Crippen molar-refractivity contribution in [3.05, 3.63) is 96.4 Å². The highest BCUT2D eigenvalue weighted by molar-refractivity contribution is 7.89. The standard InChI is InChI=1S/C33H40N4O3S/c1-26(2)22-36(41(39,40)31-19-9-14-28-15-10-20-34-33(28)31)25-32(38)37(29-16-7-4-8-17-29)24-30-18-11-21-35(30)23-27-12-5-3-6-13-27/h3,5-6,9-15,18-21,26,29H,4,7-8,16-17,22-25H2,1-2H3. The normalized spacial score (nSPS) is 14.6. The van der Waals surface area contributed by atoms with E-state index < -0.39 is 10.0 Å². The fraction of sp³-hybridized carbons (Fsp3) is 0.394. The van der Waals surface area contributed by atoms with Gasteiger partial charge < -0.3 is 9.47 Å². The number of para-hydroxylation sites is 1. The van der Waals surface area contributed by atoms with Gasteiger partial charge in [-0.25, -0.2) is 8.42 Å². The fourth-order valence-corrected chi connectivity index (χ4v) is 7.55. The van der Waals surface area contributed by atoms with Crippen LogP contribution in [0.15, 0.2) is 90.1 Å². The summed E-state index contributed by atoms with van der Waals surface area (Å²) in [5, 5.41) is 0.757. The van der Waals surface area contributed by atoms with Crippen molar-refractivity contribution in [1.29, 1.82) is 0 Å². The highest BCUT2D eigenvalue weighted by Gasteiger charge is 2.33. The Morgan fingerprint density at radius 2 is 1.71 bits per heavy atom. The zero-order valence-electron chi connectivity index (χ0n) is 24.0. The number of carbonyl (C=O) groups excluding carboxylic acids is 1. The van der Waals surface area contributed by atoms with Crippen molar-refractivity contribution in [2.24, 2.45) is 5.92 Å². The SMILES string of the molecule is CC(C)CN(CC(=O)N(Cc1cccn1Cc1ccccc1)C1CCCCC1)S(=O)(=O)c1cccc2cccnc12. The number of fused-ring (bicyclic) bond motifs is 1. The van der Waals surface area contributed by atoms with E-state index in [0.717, 1.165) is 43.3 Å². The zero-order chi connectivity index (χ0) is 28.8. The number of sulfonamides is 1. The molecule has 1 amide bonds. The molecule has 0 unspecified atom stereocenters. The summed E-state index contributed by atoms with van der Waals surface area (Å²) in [6, 6.07) is 23.3. The maximum absolute atomic E-state index is 14.2. The van der Waals surface area contributed by atoms with Crippen LogP contribution in [0.2, 0.25) is 0 Å². The van der Waals surface area contributed by atoms with E-state index in [0.29, 0.717) is 12.1 Å². The highest BCUT2D eigenvalue weighted by Crippen LogP contribution is 2.28. The molecule has 7 nitrogen and oxygen atoms in total. The minimum Gasteiger partial charge on any atom is -0.345 e. The lowest BCUT2D eigenvalue weighted by atomic mass is 9.94. The van der Waals surface area contributed by atoms with Crippen molar-refractivity contribution in [3.8, 4) is 0 Å². The topological polar surface area (TPSA) is 75.5 Å². The predicted molar refractivity (Wildman–Crippen MR) is 163 cm³/mol. The number of hydrogen-bond donors (Lipinski definition) is 0. The first-order chi connectivity index (χ1) is 19.8. The number of nitrogens with zero attached hydrogens (tertiary/aromatic N) is 4.